The fourth-order valence-corrected chi connectivity index (χ4v) is 5.57. The van der Waals surface area contributed by atoms with Crippen molar-refractivity contribution in [3.8, 4) is 0 Å². The van der Waals surface area contributed by atoms with Gasteiger partial charge in [0.05, 0.1) is 32.5 Å². The molecule has 1 aliphatic heterocycles. The molecule has 0 N–H and O–H groups in total. The number of hydrogen-bond acceptors (Lipinski definition) is 5. The molecule has 4 nitrogen and oxygen atoms in total. The number of carbonyl (C=O) groups excluding carboxylic acids is 1. The molecule has 1 amide bonds. The van der Waals surface area contributed by atoms with E-state index >= 15 is 0 Å². The lowest BCUT2D eigenvalue weighted by Crippen LogP contribution is -2.42. The smallest absolute Gasteiger partial charge is 0.243 e. The van der Waals surface area contributed by atoms with E-state index in [9.17, 15) is 4.79 Å². The number of aryl methyl sites for hydroxylation is 2. The third-order valence-corrected chi connectivity index (χ3v) is 7.23. The van der Waals surface area contributed by atoms with Crippen molar-refractivity contribution in [3.05, 3.63) is 92.3 Å². The van der Waals surface area contributed by atoms with Crippen molar-refractivity contribution in [1.29, 1.82) is 0 Å². The van der Waals surface area contributed by atoms with E-state index in [1.165, 1.54) is 0 Å². The van der Waals surface area contributed by atoms with Crippen LogP contribution in [-0.2, 0) is 23.1 Å². The first-order chi connectivity index (χ1) is 14.6. The van der Waals surface area contributed by atoms with Gasteiger partial charge in [0.2, 0.25) is 5.91 Å². The highest BCUT2D eigenvalue weighted by atomic mass is 32.1. The summed E-state index contributed by atoms with van der Waals surface area (Å²) in [6, 6.07) is 18.0. The second kappa shape index (κ2) is 7.45. The van der Waals surface area contributed by atoms with Crippen molar-refractivity contribution in [1.82, 2.24) is 9.97 Å². The molecule has 2 aromatic carbocycles. The summed E-state index contributed by atoms with van der Waals surface area (Å²) in [6.45, 7) is 4.01. The fourth-order valence-electron chi connectivity index (χ4n) is 4.35. The van der Waals surface area contributed by atoms with E-state index in [4.69, 9.17) is 9.97 Å². The van der Waals surface area contributed by atoms with Crippen LogP contribution in [0, 0.1) is 13.8 Å². The Bertz CT molecular complexity index is 1170. The molecule has 150 valence electrons. The van der Waals surface area contributed by atoms with Gasteiger partial charge in [-0.2, -0.15) is 0 Å². The van der Waals surface area contributed by atoms with E-state index in [2.05, 4.69) is 16.8 Å². The standard InChI is InChI=1S/C24H21N3OS2/c1-16-25-18(14-29-16)12-24(13-19-15-30-17(2)26-19)21-10-6-7-11-22(21)27(23(24)28)20-8-4-3-5-9-20/h3-11,14-15H,12-13H2,1-2H3. The predicted octanol–water partition coefficient (Wildman–Crippen LogP) is 5.62. The summed E-state index contributed by atoms with van der Waals surface area (Å²) in [5.41, 5.74) is 4.08. The van der Waals surface area contributed by atoms with E-state index in [0.29, 0.717) is 12.8 Å². The van der Waals surface area contributed by atoms with Crippen molar-refractivity contribution >= 4 is 40.0 Å². The molecule has 1 aliphatic rings. The summed E-state index contributed by atoms with van der Waals surface area (Å²) in [7, 11) is 0. The third kappa shape index (κ3) is 3.16. The van der Waals surface area contributed by atoms with Crippen molar-refractivity contribution in [2.75, 3.05) is 4.90 Å². The molecule has 0 spiro atoms. The summed E-state index contributed by atoms with van der Waals surface area (Å²) < 4.78 is 0. The second-order valence-corrected chi connectivity index (χ2v) is 9.77. The van der Waals surface area contributed by atoms with Crippen molar-refractivity contribution in [2.24, 2.45) is 0 Å². The average molecular weight is 432 g/mol. The first-order valence-corrected chi connectivity index (χ1v) is 11.6. The van der Waals surface area contributed by atoms with Gasteiger partial charge < -0.3 is 0 Å². The molecule has 3 heterocycles. The zero-order valence-corrected chi connectivity index (χ0v) is 18.5. The molecular formula is C24H21N3OS2. The molecule has 0 atom stereocenters. The van der Waals surface area contributed by atoms with E-state index < -0.39 is 5.41 Å². The quantitative estimate of drug-likeness (QED) is 0.412. The molecule has 0 unspecified atom stereocenters. The Labute approximate surface area is 183 Å². The number of thiazole rings is 2. The van der Waals surface area contributed by atoms with E-state index in [1.807, 2.05) is 67.3 Å². The van der Waals surface area contributed by atoms with E-state index in [0.717, 1.165) is 38.3 Å². The summed E-state index contributed by atoms with van der Waals surface area (Å²) in [5.74, 6) is 0.0891. The van der Waals surface area contributed by atoms with Gasteiger partial charge >= 0.3 is 0 Å². The number of nitrogens with zero attached hydrogens (tertiary/aromatic N) is 3. The molecule has 6 heteroatoms. The van der Waals surface area contributed by atoms with Crippen LogP contribution < -0.4 is 4.90 Å². The van der Waals surface area contributed by atoms with Crippen molar-refractivity contribution < 1.29 is 4.79 Å². The van der Waals surface area contributed by atoms with Gasteiger partial charge in [-0.3, -0.25) is 9.69 Å². The molecule has 0 saturated carbocycles. The molecule has 30 heavy (non-hydrogen) atoms. The zero-order valence-electron chi connectivity index (χ0n) is 16.8. The van der Waals surface area contributed by atoms with Gasteiger partial charge in [0.25, 0.3) is 0 Å². The maximum absolute atomic E-state index is 14.2. The number of para-hydroxylation sites is 2. The number of aromatic nitrogens is 2. The molecule has 0 saturated heterocycles. The summed E-state index contributed by atoms with van der Waals surface area (Å²) in [6.07, 6.45) is 1.13. The average Bonchev–Trinajstić information content (AvgIpc) is 3.41. The van der Waals surface area contributed by atoms with Crippen LogP contribution in [-0.4, -0.2) is 15.9 Å². The normalized spacial score (nSPS) is 14.9. The van der Waals surface area contributed by atoms with Crippen molar-refractivity contribution in [3.63, 3.8) is 0 Å². The summed E-state index contributed by atoms with van der Waals surface area (Å²) in [5, 5.41) is 6.18. The number of benzene rings is 2. The lowest BCUT2D eigenvalue weighted by Gasteiger charge is -2.28. The van der Waals surface area contributed by atoms with Crippen LogP contribution >= 0.6 is 22.7 Å². The number of anilines is 2. The molecule has 0 bridgehead atoms. The topological polar surface area (TPSA) is 46.1 Å². The molecule has 0 aliphatic carbocycles. The maximum Gasteiger partial charge on any atom is 0.243 e. The first-order valence-electron chi connectivity index (χ1n) is 9.88. The minimum atomic E-state index is -0.729. The Morgan fingerprint density at radius 1 is 0.833 bits per heavy atom. The maximum atomic E-state index is 14.2. The Kier molecular flexibility index (Phi) is 4.76. The number of fused-ring (bicyclic) bond motifs is 1. The van der Waals surface area contributed by atoms with E-state index in [-0.39, 0.29) is 5.91 Å². The third-order valence-electron chi connectivity index (χ3n) is 5.59. The van der Waals surface area contributed by atoms with Gasteiger partial charge in [-0.25, -0.2) is 9.97 Å². The Morgan fingerprint density at radius 2 is 1.40 bits per heavy atom. The van der Waals surface area contributed by atoms with Crippen LogP contribution in [0.15, 0.2) is 65.4 Å². The summed E-state index contributed by atoms with van der Waals surface area (Å²) in [4.78, 5) is 25.5. The van der Waals surface area contributed by atoms with Gasteiger partial charge in [0.15, 0.2) is 0 Å². The van der Waals surface area contributed by atoms with Gasteiger partial charge in [0.1, 0.15) is 0 Å². The molecule has 5 rings (SSSR count). The number of rotatable bonds is 5. The van der Waals surface area contributed by atoms with Gasteiger partial charge in [-0.05, 0) is 37.6 Å². The zero-order chi connectivity index (χ0) is 20.7. The minimum Gasteiger partial charge on any atom is -0.280 e. The Hall–Kier alpha value is -2.83. The highest BCUT2D eigenvalue weighted by molar-refractivity contribution is 7.09. The SMILES string of the molecule is Cc1nc(CC2(Cc3csc(C)n3)C(=O)N(c3ccccc3)c3ccccc32)cs1. The minimum absolute atomic E-state index is 0.0891. The van der Waals surface area contributed by atoms with Gasteiger partial charge in [0, 0.05) is 29.3 Å². The monoisotopic (exact) mass is 431 g/mol. The highest BCUT2D eigenvalue weighted by Gasteiger charge is 2.51. The van der Waals surface area contributed by atoms with Crippen LogP contribution in [0.2, 0.25) is 0 Å². The lowest BCUT2D eigenvalue weighted by atomic mass is 9.74. The summed E-state index contributed by atoms with van der Waals surface area (Å²) >= 11 is 3.25. The number of hydrogen-bond donors (Lipinski definition) is 0. The Morgan fingerprint density at radius 3 is 1.97 bits per heavy atom. The first kappa shape index (κ1) is 19.2. The van der Waals surface area contributed by atoms with Crippen molar-refractivity contribution in [2.45, 2.75) is 32.1 Å². The predicted molar refractivity (Wildman–Crippen MR) is 123 cm³/mol. The molecule has 4 aromatic rings. The largest absolute Gasteiger partial charge is 0.280 e. The van der Waals surface area contributed by atoms with Gasteiger partial charge in [-0.1, -0.05) is 36.4 Å². The van der Waals surface area contributed by atoms with Crippen LogP contribution in [0.5, 0.6) is 0 Å². The number of amides is 1. The number of carbonyl (C=O) groups is 1. The van der Waals surface area contributed by atoms with Crippen LogP contribution in [0.3, 0.4) is 0 Å². The van der Waals surface area contributed by atoms with Crippen LogP contribution in [0.25, 0.3) is 0 Å². The van der Waals surface area contributed by atoms with E-state index in [1.54, 1.807) is 22.7 Å². The molecule has 0 radical (unpaired) electrons. The lowest BCUT2D eigenvalue weighted by molar-refractivity contribution is -0.122. The van der Waals surface area contributed by atoms with Crippen LogP contribution in [0.1, 0.15) is 27.0 Å². The second-order valence-electron chi connectivity index (χ2n) is 7.64. The van der Waals surface area contributed by atoms with Gasteiger partial charge in [-0.15, -0.1) is 22.7 Å². The van der Waals surface area contributed by atoms with Crippen LogP contribution in [0.4, 0.5) is 11.4 Å². The molecule has 2 aromatic heterocycles. The molecular weight excluding hydrogens is 410 g/mol. The molecule has 0 fully saturated rings. The highest BCUT2D eigenvalue weighted by Crippen LogP contribution is 2.48. The Balaban J connectivity index is 1.69. The fraction of sp³-hybridized carbons (Fsp3) is 0.208.